The maximum absolute atomic E-state index is 10.6. The fraction of sp³-hybridized carbons (Fsp3) is 0.944. The van der Waals surface area contributed by atoms with Gasteiger partial charge in [-0.15, -0.1) is 0 Å². The second-order valence-corrected chi connectivity index (χ2v) is 7.22. The summed E-state index contributed by atoms with van der Waals surface area (Å²) in [7, 11) is 2.10. The Kier molecular flexibility index (Phi) is 7.63. The largest absolute Gasteiger partial charge is 0.388 e. The lowest BCUT2D eigenvalue weighted by Gasteiger charge is -2.31. The zero-order valence-corrected chi connectivity index (χ0v) is 15.0. The van der Waals surface area contributed by atoms with Gasteiger partial charge in [0.15, 0.2) is 5.96 Å². The van der Waals surface area contributed by atoms with E-state index in [9.17, 15) is 5.11 Å². The van der Waals surface area contributed by atoms with E-state index in [-0.39, 0.29) is 0 Å². The van der Waals surface area contributed by atoms with Crippen molar-refractivity contribution in [3.63, 3.8) is 0 Å². The summed E-state index contributed by atoms with van der Waals surface area (Å²) >= 11 is 0. The molecule has 0 amide bonds. The number of nitrogens with zero attached hydrogens (tertiary/aromatic N) is 2. The van der Waals surface area contributed by atoms with E-state index in [4.69, 9.17) is 9.73 Å². The van der Waals surface area contributed by atoms with Crippen LogP contribution >= 0.6 is 0 Å². The van der Waals surface area contributed by atoms with Gasteiger partial charge in [0.1, 0.15) is 0 Å². The van der Waals surface area contributed by atoms with Gasteiger partial charge in [0.2, 0.25) is 0 Å². The average Bonchev–Trinajstić information content (AvgIpc) is 2.58. The molecule has 0 aromatic heterocycles. The summed E-state index contributed by atoms with van der Waals surface area (Å²) in [6.45, 7) is 6.31. The first-order chi connectivity index (χ1) is 11.1. The molecule has 0 bridgehead atoms. The average molecular weight is 325 g/mol. The van der Waals surface area contributed by atoms with E-state index in [2.05, 4.69) is 24.2 Å². The van der Waals surface area contributed by atoms with Crippen LogP contribution in [0.5, 0.6) is 0 Å². The predicted molar refractivity (Wildman–Crippen MR) is 94.8 cm³/mol. The van der Waals surface area contributed by atoms with E-state index in [0.717, 1.165) is 63.9 Å². The van der Waals surface area contributed by atoms with Crippen molar-refractivity contribution in [1.82, 2.24) is 10.2 Å². The fourth-order valence-electron chi connectivity index (χ4n) is 3.58. The highest BCUT2D eigenvalue weighted by Crippen LogP contribution is 2.28. The topological polar surface area (TPSA) is 57.1 Å². The van der Waals surface area contributed by atoms with Crippen LogP contribution in [0.4, 0.5) is 0 Å². The molecule has 2 fully saturated rings. The number of ether oxygens (including phenoxy) is 1. The zero-order chi connectivity index (χ0) is 16.5. The molecular weight excluding hydrogens is 290 g/mol. The monoisotopic (exact) mass is 325 g/mol. The Hall–Kier alpha value is -0.810. The molecule has 0 unspecified atom stereocenters. The fourth-order valence-corrected chi connectivity index (χ4v) is 3.58. The van der Waals surface area contributed by atoms with Gasteiger partial charge in [-0.3, -0.25) is 4.99 Å². The van der Waals surface area contributed by atoms with Crippen molar-refractivity contribution in [1.29, 1.82) is 0 Å². The van der Waals surface area contributed by atoms with Crippen molar-refractivity contribution >= 4 is 5.96 Å². The second-order valence-electron chi connectivity index (χ2n) is 7.22. The van der Waals surface area contributed by atoms with Crippen LogP contribution in [0.25, 0.3) is 0 Å². The first-order valence-electron chi connectivity index (χ1n) is 9.42. The van der Waals surface area contributed by atoms with Crippen LogP contribution in [0.1, 0.15) is 58.3 Å². The first kappa shape index (κ1) is 18.5. The lowest BCUT2D eigenvalue weighted by Crippen LogP contribution is -2.42. The lowest BCUT2D eigenvalue weighted by molar-refractivity contribution is 0.0130. The third-order valence-electron chi connectivity index (χ3n) is 5.22. The van der Waals surface area contributed by atoms with Crippen LogP contribution in [0.2, 0.25) is 0 Å². The van der Waals surface area contributed by atoms with Crippen molar-refractivity contribution in [3.05, 3.63) is 0 Å². The van der Waals surface area contributed by atoms with Gasteiger partial charge in [0, 0.05) is 33.4 Å². The molecule has 1 heterocycles. The Balaban J connectivity index is 1.83. The summed E-state index contributed by atoms with van der Waals surface area (Å²) in [5.74, 6) is 1.70. The van der Waals surface area contributed by atoms with Crippen LogP contribution in [0.15, 0.2) is 4.99 Å². The summed E-state index contributed by atoms with van der Waals surface area (Å²) in [6, 6.07) is 0. The zero-order valence-electron chi connectivity index (χ0n) is 15.0. The van der Waals surface area contributed by atoms with Gasteiger partial charge < -0.3 is 20.1 Å². The molecule has 1 aliphatic carbocycles. The van der Waals surface area contributed by atoms with Crippen LogP contribution in [-0.2, 0) is 4.74 Å². The van der Waals surface area contributed by atoms with Crippen molar-refractivity contribution < 1.29 is 9.84 Å². The number of hydrogen-bond acceptors (Lipinski definition) is 3. The molecule has 134 valence electrons. The standard InChI is InChI=1S/C18H35N3O2/c1-3-19-17(20-15-18(22)10-5-4-6-11-18)21(2)12-7-16-8-13-23-14-9-16/h16,22H,3-15H2,1-2H3,(H,19,20). The van der Waals surface area contributed by atoms with E-state index in [1.807, 2.05) is 0 Å². The number of aliphatic imine (C=N–C) groups is 1. The number of guanidine groups is 1. The molecule has 5 heteroatoms. The molecule has 1 aliphatic heterocycles. The maximum atomic E-state index is 10.6. The Morgan fingerprint density at radius 3 is 2.61 bits per heavy atom. The molecule has 0 aromatic carbocycles. The van der Waals surface area contributed by atoms with Crippen LogP contribution < -0.4 is 5.32 Å². The van der Waals surface area contributed by atoms with Crippen molar-refractivity contribution in [3.8, 4) is 0 Å². The minimum atomic E-state index is -0.583. The van der Waals surface area contributed by atoms with Gasteiger partial charge in [-0.05, 0) is 44.9 Å². The Morgan fingerprint density at radius 2 is 1.96 bits per heavy atom. The quantitative estimate of drug-likeness (QED) is 0.581. The van der Waals surface area contributed by atoms with Gasteiger partial charge >= 0.3 is 0 Å². The summed E-state index contributed by atoms with van der Waals surface area (Å²) in [5.41, 5.74) is -0.583. The SMILES string of the molecule is CCNC(=NCC1(O)CCCCC1)N(C)CCC1CCOCC1. The molecule has 0 atom stereocenters. The van der Waals surface area contributed by atoms with Crippen molar-refractivity contribution in [2.24, 2.45) is 10.9 Å². The number of aliphatic hydroxyl groups is 1. The molecule has 5 nitrogen and oxygen atoms in total. The molecule has 0 spiro atoms. The van der Waals surface area contributed by atoms with Crippen LogP contribution in [0.3, 0.4) is 0 Å². The molecule has 0 aromatic rings. The van der Waals surface area contributed by atoms with Gasteiger partial charge in [-0.1, -0.05) is 19.3 Å². The van der Waals surface area contributed by atoms with E-state index < -0.39 is 5.60 Å². The molecule has 1 saturated heterocycles. The van der Waals surface area contributed by atoms with E-state index in [0.29, 0.717) is 6.54 Å². The molecule has 2 rings (SSSR count). The number of hydrogen-bond donors (Lipinski definition) is 2. The van der Waals surface area contributed by atoms with E-state index in [1.54, 1.807) is 0 Å². The minimum absolute atomic E-state index is 0.525. The lowest BCUT2D eigenvalue weighted by atomic mass is 9.85. The highest BCUT2D eigenvalue weighted by molar-refractivity contribution is 5.79. The number of nitrogens with one attached hydrogen (secondary N) is 1. The maximum Gasteiger partial charge on any atom is 0.193 e. The number of rotatable bonds is 6. The normalized spacial score (nSPS) is 22.8. The third kappa shape index (κ3) is 6.30. The van der Waals surface area contributed by atoms with Crippen LogP contribution in [0, 0.1) is 5.92 Å². The summed E-state index contributed by atoms with van der Waals surface area (Å²) < 4.78 is 5.43. The molecule has 0 radical (unpaired) electrons. The Bertz CT molecular complexity index is 361. The van der Waals surface area contributed by atoms with Gasteiger partial charge in [-0.25, -0.2) is 0 Å². The Labute approximate surface area is 141 Å². The predicted octanol–water partition coefficient (Wildman–Crippen LogP) is 2.40. The van der Waals surface area contributed by atoms with E-state index >= 15 is 0 Å². The van der Waals surface area contributed by atoms with Gasteiger partial charge in [0.25, 0.3) is 0 Å². The highest BCUT2D eigenvalue weighted by atomic mass is 16.5. The first-order valence-corrected chi connectivity index (χ1v) is 9.42. The summed E-state index contributed by atoms with van der Waals surface area (Å²) in [6.07, 6.45) is 8.84. The third-order valence-corrected chi connectivity index (χ3v) is 5.22. The van der Waals surface area contributed by atoms with Crippen molar-refractivity contribution in [2.75, 3.05) is 39.9 Å². The van der Waals surface area contributed by atoms with Crippen molar-refractivity contribution in [2.45, 2.75) is 63.9 Å². The van der Waals surface area contributed by atoms with Gasteiger partial charge in [-0.2, -0.15) is 0 Å². The minimum Gasteiger partial charge on any atom is -0.388 e. The molecule has 23 heavy (non-hydrogen) atoms. The highest BCUT2D eigenvalue weighted by Gasteiger charge is 2.29. The molecular formula is C18H35N3O2. The Morgan fingerprint density at radius 1 is 1.26 bits per heavy atom. The van der Waals surface area contributed by atoms with Crippen LogP contribution in [-0.4, -0.2) is 61.5 Å². The summed E-state index contributed by atoms with van der Waals surface area (Å²) in [5, 5.41) is 14.0. The van der Waals surface area contributed by atoms with Gasteiger partial charge in [0.05, 0.1) is 12.1 Å². The second kappa shape index (κ2) is 9.48. The van der Waals surface area contributed by atoms with E-state index in [1.165, 1.54) is 25.7 Å². The summed E-state index contributed by atoms with van der Waals surface area (Å²) in [4.78, 5) is 6.94. The molecule has 2 N–H and O–H groups in total. The smallest absolute Gasteiger partial charge is 0.193 e. The molecule has 1 saturated carbocycles. The molecule has 2 aliphatic rings.